The summed E-state index contributed by atoms with van der Waals surface area (Å²) in [7, 11) is 0. The van der Waals surface area contributed by atoms with Crippen LogP contribution in [0.2, 0.25) is 0 Å². The number of hydrogen-bond acceptors (Lipinski definition) is 3. The number of amides is 1. The van der Waals surface area contributed by atoms with Gasteiger partial charge in [-0.3, -0.25) is 4.98 Å². The monoisotopic (exact) mass is 370 g/mol. The molecular weight excluding hydrogens is 348 g/mol. The van der Waals surface area contributed by atoms with Gasteiger partial charge in [-0.1, -0.05) is 54.6 Å². The topological polar surface area (TPSA) is 51.2 Å². The molecule has 3 aromatic rings. The predicted molar refractivity (Wildman–Crippen MR) is 111 cm³/mol. The second kappa shape index (κ2) is 8.09. The van der Waals surface area contributed by atoms with Crippen molar-refractivity contribution in [2.75, 3.05) is 13.2 Å². The van der Waals surface area contributed by atoms with Gasteiger partial charge in [-0.25, -0.2) is 4.79 Å². The number of rotatable bonds is 5. The molecule has 1 heterocycles. The number of pyridine rings is 1. The standard InChI is InChI=1S/C24H22N2O2/c1-17-12-14-25-18(15-17)7-6-13-26-24(27)28-16-23-21-10-4-2-8-19(21)20-9-3-5-11-22(20)23/h2-12,14-15,23H,13,16H2,1H3,(H,26,27). The number of alkyl carbamates (subject to hydrolysis) is 1. The van der Waals surface area contributed by atoms with Crippen molar-refractivity contribution in [1.82, 2.24) is 10.3 Å². The van der Waals surface area contributed by atoms with Crippen LogP contribution in [0.4, 0.5) is 4.79 Å². The summed E-state index contributed by atoms with van der Waals surface area (Å²) in [5.74, 6) is 0.0742. The largest absolute Gasteiger partial charge is 0.449 e. The minimum atomic E-state index is -0.413. The van der Waals surface area contributed by atoms with Gasteiger partial charge in [0.1, 0.15) is 6.61 Å². The molecule has 0 spiro atoms. The van der Waals surface area contributed by atoms with Crippen molar-refractivity contribution in [2.24, 2.45) is 0 Å². The van der Waals surface area contributed by atoms with Crippen molar-refractivity contribution in [3.05, 3.63) is 95.3 Å². The highest BCUT2D eigenvalue weighted by atomic mass is 16.5. The third-order valence-corrected chi connectivity index (χ3v) is 4.93. The molecule has 4 nitrogen and oxygen atoms in total. The molecule has 4 heteroatoms. The predicted octanol–water partition coefficient (Wildman–Crippen LogP) is 4.94. The minimum Gasteiger partial charge on any atom is -0.449 e. The molecule has 1 amide bonds. The van der Waals surface area contributed by atoms with Gasteiger partial charge in [0, 0.05) is 18.7 Å². The summed E-state index contributed by atoms with van der Waals surface area (Å²) in [6.07, 6.45) is 5.11. The maximum absolute atomic E-state index is 12.1. The van der Waals surface area contributed by atoms with Crippen LogP contribution < -0.4 is 5.32 Å². The Morgan fingerprint density at radius 2 is 1.75 bits per heavy atom. The Balaban J connectivity index is 1.34. The molecule has 4 rings (SSSR count). The van der Waals surface area contributed by atoms with E-state index in [4.69, 9.17) is 4.74 Å². The second-order valence-corrected chi connectivity index (χ2v) is 6.87. The van der Waals surface area contributed by atoms with Crippen LogP contribution in [0.1, 0.15) is 28.3 Å². The first-order valence-electron chi connectivity index (χ1n) is 9.40. The van der Waals surface area contributed by atoms with Crippen LogP contribution in [0.15, 0.2) is 72.9 Å². The molecule has 0 radical (unpaired) electrons. The number of carbonyl (C=O) groups excluding carboxylic acids is 1. The average molecular weight is 370 g/mol. The molecule has 0 saturated heterocycles. The van der Waals surface area contributed by atoms with Gasteiger partial charge in [0.2, 0.25) is 0 Å². The Bertz CT molecular complexity index is 981. The van der Waals surface area contributed by atoms with E-state index in [9.17, 15) is 4.79 Å². The zero-order valence-electron chi connectivity index (χ0n) is 15.8. The smallest absolute Gasteiger partial charge is 0.407 e. The fraction of sp³-hybridized carbons (Fsp3) is 0.167. The number of aryl methyl sites for hydroxylation is 1. The highest BCUT2D eigenvalue weighted by Crippen LogP contribution is 2.44. The van der Waals surface area contributed by atoms with Crippen LogP contribution >= 0.6 is 0 Å². The molecule has 0 unspecified atom stereocenters. The molecule has 1 aliphatic rings. The molecule has 28 heavy (non-hydrogen) atoms. The van der Waals surface area contributed by atoms with Crippen LogP contribution in [-0.2, 0) is 4.74 Å². The fourth-order valence-corrected chi connectivity index (χ4v) is 3.62. The molecule has 2 aromatic carbocycles. The minimum absolute atomic E-state index is 0.0742. The molecular formula is C24H22N2O2. The fourth-order valence-electron chi connectivity index (χ4n) is 3.62. The summed E-state index contributed by atoms with van der Waals surface area (Å²) >= 11 is 0. The number of benzene rings is 2. The maximum Gasteiger partial charge on any atom is 0.407 e. The van der Waals surface area contributed by atoms with E-state index in [1.807, 2.05) is 55.5 Å². The van der Waals surface area contributed by atoms with Crippen LogP contribution in [0.5, 0.6) is 0 Å². The quantitative estimate of drug-likeness (QED) is 0.692. The SMILES string of the molecule is Cc1ccnc(C=CCNC(=O)OCC2c3ccccc3-c3ccccc32)c1. The van der Waals surface area contributed by atoms with E-state index >= 15 is 0 Å². The van der Waals surface area contributed by atoms with Crippen molar-refractivity contribution in [3.8, 4) is 11.1 Å². The van der Waals surface area contributed by atoms with Gasteiger partial charge in [-0.05, 0) is 52.9 Å². The molecule has 0 aliphatic heterocycles. The molecule has 0 fully saturated rings. The van der Waals surface area contributed by atoms with E-state index in [-0.39, 0.29) is 5.92 Å². The lowest BCUT2D eigenvalue weighted by Gasteiger charge is -2.14. The summed E-state index contributed by atoms with van der Waals surface area (Å²) < 4.78 is 5.51. The molecule has 1 N–H and O–H groups in total. The van der Waals surface area contributed by atoms with Crippen LogP contribution in [-0.4, -0.2) is 24.2 Å². The molecule has 0 atom stereocenters. The number of ether oxygens (including phenoxy) is 1. The molecule has 0 saturated carbocycles. The highest BCUT2D eigenvalue weighted by molar-refractivity contribution is 5.79. The van der Waals surface area contributed by atoms with Crippen molar-refractivity contribution < 1.29 is 9.53 Å². The van der Waals surface area contributed by atoms with Gasteiger partial charge in [0.05, 0.1) is 5.69 Å². The second-order valence-electron chi connectivity index (χ2n) is 6.87. The summed E-state index contributed by atoms with van der Waals surface area (Å²) in [6.45, 7) is 2.74. The number of hydrogen-bond donors (Lipinski definition) is 1. The average Bonchev–Trinajstić information content (AvgIpc) is 3.04. The van der Waals surface area contributed by atoms with Crippen molar-refractivity contribution in [1.29, 1.82) is 0 Å². The van der Waals surface area contributed by atoms with Crippen LogP contribution in [0.25, 0.3) is 17.2 Å². The van der Waals surface area contributed by atoms with E-state index < -0.39 is 6.09 Å². The lowest BCUT2D eigenvalue weighted by molar-refractivity contribution is 0.144. The summed E-state index contributed by atoms with van der Waals surface area (Å²) in [4.78, 5) is 16.4. The van der Waals surface area contributed by atoms with Gasteiger partial charge in [0.15, 0.2) is 0 Å². The molecule has 1 aromatic heterocycles. The van der Waals surface area contributed by atoms with Crippen molar-refractivity contribution in [2.45, 2.75) is 12.8 Å². The number of carbonyl (C=O) groups is 1. The Morgan fingerprint density at radius 1 is 1.07 bits per heavy atom. The number of fused-ring (bicyclic) bond motifs is 3. The summed E-state index contributed by atoms with van der Waals surface area (Å²) in [6, 6.07) is 20.6. The summed E-state index contributed by atoms with van der Waals surface area (Å²) in [5, 5.41) is 2.76. The van der Waals surface area contributed by atoms with Gasteiger partial charge in [-0.15, -0.1) is 0 Å². The molecule has 1 aliphatic carbocycles. The lowest BCUT2D eigenvalue weighted by atomic mass is 9.98. The van der Waals surface area contributed by atoms with E-state index in [0.29, 0.717) is 13.2 Å². The molecule has 0 bridgehead atoms. The van der Waals surface area contributed by atoms with E-state index in [0.717, 1.165) is 11.3 Å². The third kappa shape index (κ3) is 3.81. The highest BCUT2D eigenvalue weighted by Gasteiger charge is 2.28. The van der Waals surface area contributed by atoms with Crippen LogP contribution in [0.3, 0.4) is 0 Å². The Hall–Kier alpha value is -3.40. The zero-order chi connectivity index (χ0) is 19.3. The Labute approximate surface area is 164 Å². The zero-order valence-corrected chi connectivity index (χ0v) is 15.8. The Morgan fingerprint density at radius 3 is 2.43 bits per heavy atom. The normalized spacial score (nSPS) is 12.6. The van der Waals surface area contributed by atoms with Gasteiger partial charge < -0.3 is 10.1 Å². The van der Waals surface area contributed by atoms with Crippen molar-refractivity contribution >= 4 is 12.2 Å². The summed E-state index contributed by atoms with van der Waals surface area (Å²) in [5.41, 5.74) is 6.89. The van der Waals surface area contributed by atoms with Gasteiger partial charge >= 0.3 is 6.09 Å². The molecule has 140 valence electrons. The first-order chi connectivity index (χ1) is 13.7. The first kappa shape index (κ1) is 18.0. The van der Waals surface area contributed by atoms with E-state index in [1.165, 1.54) is 22.3 Å². The Kier molecular flexibility index (Phi) is 5.20. The third-order valence-electron chi connectivity index (χ3n) is 4.93. The van der Waals surface area contributed by atoms with Gasteiger partial charge in [-0.2, -0.15) is 0 Å². The number of aromatic nitrogens is 1. The van der Waals surface area contributed by atoms with Gasteiger partial charge in [0.25, 0.3) is 0 Å². The number of nitrogens with zero attached hydrogens (tertiary/aromatic N) is 1. The van der Waals surface area contributed by atoms with E-state index in [2.05, 4.69) is 34.6 Å². The van der Waals surface area contributed by atoms with Crippen molar-refractivity contribution in [3.63, 3.8) is 0 Å². The van der Waals surface area contributed by atoms with Crippen LogP contribution in [0, 0.1) is 6.92 Å². The van der Waals surface area contributed by atoms with E-state index in [1.54, 1.807) is 6.20 Å². The first-order valence-corrected chi connectivity index (χ1v) is 9.40. The lowest BCUT2D eigenvalue weighted by Crippen LogP contribution is -2.26. The maximum atomic E-state index is 12.1. The number of nitrogens with one attached hydrogen (secondary N) is 1.